The van der Waals surface area contributed by atoms with Crippen LogP contribution in [0.4, 0.5) is 0 Å². The Bertz CT molecular complexity index is 1460. The van der Waals surface area contributed by atoms with Crippen LogP contribution in [0.25, 0.3) is 11.3 Å². The molecule has 0 N–H and O–H groups in total. The van der Waals surface area contributed by atoms with E-state index in [-0.39, 0.29) is 34.2 Å². The Balaban J connectivity index is 1.49. The normalized spacial score (nSPS) is 21.3. The molecule has 2 fully saturated rings. The summed E-state index contributed by atoms with van der Waals surface area (Å²) in [5.74, 6) is 0.193. The number of carbonyl (C=O) groups is 1. The highest BCUT2D eigenvalue weighted by Gasteiger charge is 2.44. The van der Waals surface area contributed by atoms with E-state index in [2.05, 4.69) is 32.0 Å². The molecule has 1 atom stereocenters. The van der Waals surface area contributed by atoms with Crippen LogP contribution in [-0.4, -0.2) is 33.3 Å². The molecule has 3 aliphatic rings. The third-order valence-corrected chi connectivity index (χ3v) is 9.96. The van der Waals surface area contributed by atoms with E-state index in [1.165, 1.54) is 23.7 Å². The zero-order valence-electron chi connectivity index (χ0n) is 22.7. The molecule has 0 unspecified atom stereocenters. The fraction of sp³-hybridized carbons (Fsp3) is 0.469. The van der Waals surface area contributed by atoms with Crippen molar-refractivity contribution < 1.29 is 9.53 Å². The molecule has 3 aromatic rings. The summed E-state index contributed by atoms with van der Waals surface area (Å²) in [6, 6.07) is 15.4. The van der Waals surface area contributed by atoms with Gasteiger partial charge in [-0.2, -0.15) is 0 Å². The molecule has 2 aromatic carbocycles. The van der Waals surface area contributed by atoms with Crippen molar-refractivity contribution in [3.63, 3.8) is 0 Å². The van der Waals surface area contributed by atoms with Crippen molar-refractivity contribution in [3.8, 4) is 11.3 Å². The lowest BCUT2D eigenvalue weighted by Crippen LogP contribution is -2.45. The Morgan fingerprint density at radius 3 is 2.59 bits per heavy atom. The van der Waals surface area contributed by atoms with Crippen molar-refractivity contribution in [2.45, 2.75) is 87.4 Å². The van der Waals surface area contributed by atoms with Gasteiger partial charge in [-0.3, -0.25) is 14.2 Å². The summed E-state index contributed by atoms with van der Waals surface area (Å²) in [4.78, 5) is 33.2. The average molecular weight is 563 g/mol. The van der Waals surface area contributed by atoms with Gasteiger partial charge in [0.2, 0.25) is 0 Å². The molecule has 0 bridgehead atoms. The van der Waals surface area contributed by atoms with Gasteiger partial charge in [-0.25, -0.2) is 4.98 Å². The molecule has 5 nitrogen and oxygen atoms in total. The predicted octanol–water partition coefficient (Wildman–Crippen LogP) is 7.43. The third-order valence-electron chi connectivity index (χ3n) is 8.76. The molecule has 1 aromatic heterocycles. The summed E-state index contributed by atoms with van der Waals surface area (Å²) in [7, 11) is 0. The van der Waals surface area contributed by atoms with Crippen LogP contribution in [0.15, 0.2) is 58.5 Å². The van der Waals surface area contributed by atoms with Crippen molar-refractivity contribution in [3.05, 3.63) is 80.6 Å². The second kappa shape index (κ2) is 10.5. The first-order valence-corrected chi connectivity index (χ1v) is 15.4. The maximum atomic E-state index is 14.7. The Labute approximate surface area is 239 Å². The molecule has 1 saturated heterocycles. The van der Waals surface area contributed by atoms with Gasteiger partial charge < -0.3 is 4.74 Å². The smallest absolute Gasteiger partial charge is 0.258 e. The van der Waals surface area contributed by atoms with E-state index in [1.807, 2.05) is 10.6 Å². The lowest BCUT2D eigenvalue weighted by Gasteiger charge is -2.43. The largest absolute Gasteiger partial charge is 0.375 e. The van der Waals surface area contributed by atoms with Gasteiger partial charge in [0.05, 0.1) is 22.6 Å². The molecular weight excluding hydrogens is 528 g/mol. The van der Waals surface area contributed by atoms with Crippen LogP contribution in [0.5, 0.6) is 0 Å². The Morgan fingerprint density at radius 2 is 1.85 bits per heavy atom. The van der Waals surface area contributed by atoms with Crippen molar-refractivity contribution >= 4 is 29.1 Å². The Hall–Kier alpha value is -2.41. The van der Waals surface area contributed by atoms with Crippen LogP contribution < -0.4 is 5.56 Å². The van der Waals surface area contributed by atoms with Crippen molar-refractivity contribution in [2.75, 3.05) is 12.4 Å². The quantitative estimate of drug-likeness (QED) is 0.184. The number of ether oxygens (including phenoxy) is 1. The first-order valence-electron chi connectivity index (χ1n) is 14.1. The molecule has 1 spiro atoms. The van der Waals surface area contributed by atoms with Gasteiger partial charge in [0.15, 0.2) is 10.9 Å². The van der Waals surface area contributed by atoms with Crippen LogP contribution >= 0.6 is 23.4 Å². The number of carbonyl (C=O) groups excluding carboxylic acids is 1. The second-order valence-electron chi connectivity index (χ2n) is 11.9. The van der Waals surface area contributed by atoms with E-state index in [1.54, 1.807) is 24.3 Å². The molecule has 6 rings (SSSR count). The van der Waals surface area contributed by atoms with E-state index < -0.39 is 0 Å². The molecule has 2 heterocycles. The van der Waals surface area contributed by atoms with Crippen molar-refractivity contribution in [1.82, 2.24) is 9.55 Å². The molecule has 39 heavy (non-hydrogen) atoms. The Morgan fingerprint density at radius 1 is 1.10 bits per heavy atom. The zero-order valence-corrected chi connectivity index (χ0v) is 24.2. The minimum atomic E-state index is -0.325. The minimum Gasteiger partial charge on any atom is -0.375 e. The molecule has 1 aliphatic heterocycles. The number of fused-ring (bicyclic) bond motifs is 4. The van der Waals surface area contributed by atoms with Gasteiger partial charge >= 0.3 is 0 Å². The van der Waals surface area contributed by atoms with Crippen molar-refractivity contribution in [2.24, 2.45) is 0 Å². The van der Waals surface area contributed by atoms with Gasteiger partial charge in [0, 0.05) is 34.2 Å². The van der Waals surface area contributed by atoms with Crippen molar-refractivity contribution in [1.29, 1.82) is 0 Å². The molecule has 0 amide bonds. The van der Waals surface area contributed by atoms with Gasteiger partial charge in [-0.05, 0) is 75.8 Å². The van der Waals surface area contributed by atoms with E-state index >= 15 is 0 Å². The minimum absolute atomic E-state index is 0.00774. The van der Waals surface area contributed by atoms with E-state index in [0.29, 0.717) is 22.3 Å². The number of halogens is 1. The monoisotopic (exact) mass is 562 g/mol. The number of hydrogen-bond acceptors (Lipinski definition) is 5. The summed E-state index contributed by atoms with van der Waals surface area (Å²) >= 11 is 7.41. The highest BCUT2D eigenvalue weighted by atomic mass is 35.5. The molecule has 204 valence electrons. The Kier molecular flexibility index (Phi) is 7.23. The number of nitrogens with zero attached hydrogens (tertiary/aromatic N) is 2. The summed E-state index contributed by atoms with van der Waals surface area (Å²) in [6.07, 6.45) is 7.91. The lowest BCUT2D eigenvalue weighted by molar-refractivity contribution is -0.0710. The second-order valence-corrected chi connectivity index (χ2v) is 13.3. The summed E-state index contributed by atoms with van der Waals surface area (Å²) in [6.45, 7) is 4.78. The van der Waals surface area contributed by atoms with Crippen LogP contribution in [0, 0.1) is 0 Å². The zero-order chi connectivity index (χ0) is 27.2. The molecule has 2 aliphatic carbocycles. The summed E-state index contributed by atoms with van der Waals surface area (Å²) in [5, 5.41) is 1.23. The fourth-order valence-corrected chi connectivity index (χ4v) is 7.97. The standard InChI is InChI=1S/C32H35ClN2O3S/c1-31(2)19-24(14-17-38-31)35-29(37)27-28(34-30(35)39-20-26(36)21-10-12-23(33)13-11-21)25-9-5-4-8-22(25)18-32(27)15-6-3-7-16-32/h4-5,8-13,24H,3,6-7,14-20H2,1-2H3/t24-/m1/s1. The van der Waals surface area contributed by atoms with Gasteiger partial charge in [-0.15, -0.1) is 0 Å². The number of hydrogen-bond donors (Lipinski definition) is 0. The van der Waals surface area contributed by atoms with E-state index in [9.17, 15) is 9.59 Å². The maximum Gasteiger partial charge on any atom is 0.258 e. The highest BCUT2D eigenvalue weighted by molar-refractivity contribution is 7.99. The van der Waals surface area contributed by atoms with Gasteiger partial charge in [0.1, 0.15) is 0 Å². The molecule has 7 heteroatoms. The van der Waals surface area contributed by atoms with Crippen LogP contribution in [-0.2, 0) is 16.6 Å². The third kappa shape index (κ3) is 5.12. The number of Topliss-reactive ketones (excluding diaryl/α,β-unsaturated/α-hetero) is 1. The number of benzene rings is 2. The topological polar surface area (TPSA) is 61.2 Å². The molecule has 0 radical (unpaired) electrons. The van der Waals surface area contributed by atoms with Gasteiger partial charge in [0.25, 0.3) is 5.56 Å². The number of rotatable bonds is 5. The number of ketones is 1. The predicted molar refractivity (Wildman–Crippen MR) is 157 cm³/mol. The molecule has 1 saturated carbocycles. The first-order chi connectivity index (χ1) is 18.8. The van der Waals surface area contributed by atoms with Crippen LogP contribution in [0.1, 0.15) is 86.3 Å². The van der Waals surface area contributed by atoms with E-state index in [0.717, 1.165) is 61.8 Å². The maximum absolute atomic E-state index is 14.7. The number of thioether (sulfide) groups is 1. The van der Waals surface area contributed by atoms with E-state index in [4.69, 9.17) is 21.3 Å². The molecular formula is C32H35ClN2O3S. The van der Waals surface area contributed by atoms with Gasteiger partial charge in [-0.1, -0.05) is 66.9 Å². The first kappa shape index (κ1) is 26.8. The highest BCUT2D eigenvalue weighted by Crippen LogP contribution is 2.49. The fourth-order valence-electron chi connectivity index (χ4n) is 6.89. The average Bonchev–Trinajstić information content (AvgIpc) is 2.92. The van der Waals surface area contributed by atoms with Crippen LogP contribution in [0.2, 0.25) is 5.02 Å². The summed E-state index contributed by atoms with van der Waals surface area (Å²) < 4.78 is 7.96. The number of aromatic nitrogens is 2. The van der Waals surface area contributed by atoms with Crippen LogP contribution in [0.3, 0.4) is 0 Å². The summed E-state index contributed by atoms with van der Waals surface area (Å²) in [5.41, 5.74) is 4.26. The lowest BCUT2D eigenvalue weighted by atomic mass is 9.62. The SMILES string of the molecule is CC1(C)C[C@H](n2c(SCC(=O)c3ccc(Cl)cc3)nc3c(c2=O)C2(CCCCC2)Cc2ccccc2-3)CCO1.